The first-order valence-corrected chi connectivity index (χ1v) is 4.23. The molecule has 1 aliphatic heterocycles. The number of thiocarbonyl (C=S) groups is 1. The van der Waals surface area contributed by atoms with E-state index in [9.17, 15) is 4.79 Å². The Bertz CT molecular complexity index is 189. The van der Waals surface area contributed by atoms with Crippen LogP contribution in [0, 0.1) is 5.92 Å². The van der Waals surface area contributed by atoms with E-state index in [0.717, 1.165) is 17.7 Å². The van der Waals surface area contributed by atoms with Crippen LogP contribution < -0.4 is 0 Å². The highest BCUT2D eigenvalue weighted by molar-refractivity contribution is 7.80. The second-order valence-electron chi connectivity index (χ2n) is 2.99. The van der Waals surface area contributed by atoms with Gasteiger partial charge in [0.1, 0.15) is 0 Å². The number of rotatable bonds is 1. The summed E-state index contributed by atoms with van der Waals surface area (Å²) >= 11 is 4.93. The summed E-state index contributed by atoms with van der Waals surface area (Å²) < 4.78 is 5.03. The highest BCUT2D eigenvalue weighted by Crippen LogP contribution is 2.21. The fourth-order valence-corrected chi connectivity index (χ4v) is 1.44. The second-order valence-corrected chi connectivity index (χ2v) is 3.63. The van der Waals surface area contributed by atoms with Crippen LogP contribution in [0.15, 0.2) is 0 Å². The predicted molar refractivity (Wildman–Crippen MR) is 46.6 cm³/mol. The van der Waals surface area contributed by atoms with Gasteiger partial charge in [-0.2, -0.15) is 0 Å². The summed E-state index contributed by atoms with van der Waals surface area (Å²) in [5.74, 6) is -0.266. The molecule has 0 saturated carbocycles. The molecule has 3 heteroatoms. The molecule has 1 fully saturated rings. The van der Waals surface area contributed by atoms with Crippen molar-refractivity contribution in [3.05, 3.63) is 0 Å². The molecule has 0 aromatic carbocycles. The maximum Gasteiger partial charge on any atom is 0.314 e. The summed E-state index contributed by atoms with van der Waals surface area (Å²) in [5, 5.41) is 0. The molecule has 1 saturated heterocycles. The van der Waals surface area contributed by atoms with Crippen LogP contribution in [0.25, 0.3) is 0 Å². The van der Waals surface area contributed by atoms with Crippen molar-refractivity contribution in [1.82, 2.24) is 0 Å². The lowest BCUT2D eigenvalue weighted by Crippen LogP contribution is -2.32. The van der Waals surface area contributed by atoms with Gasteiger partial charge >= 0.3 is 5.97 Å². The minimum absolute atomic E-state index is 0.0769. The Labute approximate surface area is 71.9 Å². The topological polar surface area (TPSA) is 26.3 Å². The van der Waals surface area contributed by atoms with Gasteiger partial charge in [0.15, 0.2) is 0 Å². The Morgan fingerprint density at radius 3 is 2.73 bits per heavy atom. The molecule has 11 heavy (non-hydrogen) atoms. The third-order valence-corrected chi connectivity index (χ3v) is 2.24. The Hall–Kier alpha value is -0.440. The van der Waals surface area contributed by atoms with Crippen LogP contribution in [-0.4, -0.2) is 16.9 Å². The van der Waals surface area contributed by atoms with Crippen molar-refractivity contribution in [2.75, 3.05) is 0 Å². The van der Waals surface area contributed by atoms with E-state index in [0.29, 0.717) is 0 Å². The number of hydrogen-bond acceptors (Lipinski definition) is 3. The van der Waals surface area contributed by atoms with Gasteiger partial charge in [-0.25, -0.2) is 0 Å². The molecular formula is C8H12O2S. The van der Waals surface area contributed by atoms with E-state index in [1.807, 2.05) is 6.92 Å². The average molecular weight is 172 g/mol. The molecule has 0 bridgehead atoms. The summed E-state index contributed by atoms with van der Waals surface area (Å²) in [6.45, 7) is 3.71. The lowest BCUT2D eigenvalue weighted by molar-refractivity contribution is -0.155. The van der Waals surface area contributed by atoms with Gasteiger partial charge in [0.25, 0.3) is 0 Å². The first kappa shape index (κ1) is 8.65. The molecule has 1 aliphatic rings. The van der Waals surface area contributed by atoms with E-state index < -0.39 is 0 Å². The maximum atomic E-state index is 11.1. The van der Waals surface area contributed by atoms with E-state index in [4.69, 9.17) is 17.0 Å². The van der Waals surface area contributed by atoms with Crippen LogP contribution in [0.4, 0.5) is 0 Å². The zero-order valence-electron chi connectivity index (χ0n) is 6.79. The number of ether oxygens (including phenoxy) is 1. The van der Waals surface area contributed by atoms with Crippen LogP contribution in [0.3, 0.4) is 0 Å². The first-order chi connectivity index (χ1) is 5.11. The molecule has 2 atom stereocenters. The molecule has 1 heterocycles. The van der Waals surface area contributed by atoms with Crippen molar-refractivity contribution in [2.45, 2.75) is 32.8 Å². The zero-order valence-corrected chi connectivity index (χ0v) is 7.61. The molecule has 0 amide bonds. The largest absolute Gasteiger partial charge is 0.462 e. The Kier molecular flexibility index (Phi) is 2.60. The minimum Gasteiger partial charge on any atom is -0.462 e. The number of carbonyl (C=O) groups excluding carboxylic acids is 1. The standard InChI is InChI=1S/C8H12O2S/c1-5-3-4-7(6(2)11)8(9)10-5/h5,7H,3-4H2,1-2H3. The Balaban J connectivity index is 2.58. The highest BCUT2D eigenvalue weighted by Gasteiger charge is 2.28. The average Bonchev–Trinajstić information content (AvgIpc) is 1.85. The van der Waals surface area contributed by atoms with Crippen molar-refractivity contribution in [3.8, 4) is 0 Å². The summed E-state index contributed by atoms with van der Waals surface area (Å²) in [7, 11) is 0. The number of hydrogen-bond donors (Lipinski definition) is 0. The van der Waals surface area contributed by atoms with Crippen molar-refractivity contribution < 1.29 is 9.53 Å². The lowest BCUT2D eigenvalue weighted by Gasteiger charge is -2.24. The van der Waals surface area contributed by atoms with Gasteiger partial charge in [0.2, 0.25) is 0 Å². The quantitative estimate of drug-likeness (QED) is 0.445. The summed E-state index contributed by atoms with van der Waals surface area (Å²) in [6, 6.07) is 0. The number of esters is 1. The summed E-state index contributed by atoms with van der Waals surface area (Å²) in [6.07, 6.45) is 1.87. The van der Waals surface area contributed by atoms with E-state index in [1.165, 1.54) is 0 Å². The summed E-state index contributed by atoms with van der Waals surface area (Å²) in [4.78, 5) is 11.9. The van der Waals surface area contributed by atoms with Gasteiger partial charge in [0, 0.05) is 4.86 Å². The first-order valence-electron chi connectivity index (χ1n) is 3.82. The Morgan fingerprint density at radius 2 is 2.27 bits per heavy atom. The van der Waals surface area contributed by atoms with Crippen LogP contribution in [0.1, 0.15) is 26.7 Å². The van der Waals surface area contributed by atoms with E-state index in [2.05, 4.69) is 0 Å². The highest BCUT2D eigenvalue weighted by atomic mass is 32.1. The fraction of sp³-hybridized carbons (Fsp3) is 0.750. The molecule has 0 N–H and O–H groups in total. The molecule has 0 aromatic rings. The van der Waals surface area contributed by atoms with Gasteiger partial charge in [-0.05, 0) is 26.7 Å². The normalized spacial score (nSPS) is 31.3. The molecule has 1 rings (SSSR count). The van der Waals surface area contributed by atoms with Crippen molar-refractivity contribution in [3.63, 3.8) is 0 Å². The minimum atomic E-state index is -0.142. The molecule has 62 valence electrons. The van der Waals surface area contributed by atoms with Gasteiger partial charge in [-0.15, -0.1) is 0 Å². The third kappa shape index (κ3) is 1.99. The zero-order chi connectivity index (χ0) is 8.43. The lowest BCUT2D eigenvalue weighted by atomic mass is 9.96. The van der Waals surface area contributed by atoms with Crippen molar-refractivity contribution >= 4 is 23.1 Å². The molecule has 2 unspecified atom stereocenters. The monoisotopic (exact) mass is 172 g/mol. The molecule has 0 aromatic heterocycles. The van der Waals surface area contributed by atoms with Crippen LogP contribution in [-0.2, 0) is 9.53 Å². The number of carbonyl (C=O) groups is 1. The summed E-state index contributed by atoms with van der Waals surface area (Å²) in [5.41, 5.74) is 0. The van der Waals surface area contributed by atoms with Crippen molar-refractivity contribution in [1.29, 1.82) is 0 Å². The Morgan fingerprint density at radius 1 is 1.64 bits per heavy atom. The fourth-order valence-electron chi connectivity index (χ4n) is 1.23. The van der Waals surface area contributed by atoms with Gasteiger partial charge in [0.05, 0.1) is 12.0 Å². The third-order valence-electron chi connectivity index (χ3n) is 1.95. The predicted octanol–water partition coefficient (Wildman–Crippen LogP) is 1.72. The van der Waals surface area contributed by atoms with Gasteiger partial charge < -0.3 is 4.74 Å². The van der Waals surface area contributed by atoms with E-state index in [-0.39, 0.29) is 18.0 Å². The molecule has 0 radical (unpaired) electrons. The van der Waals surface area contributed by atoms with Gasteiger partial charge in [-0.3, -0.25) is 4.79 Å². The van der Waals surface area contributed by atoms with Gasteiger partial charge in [-0.1, -0.05) is 12.2 Å². The van der Waals surface area contributed by atoms with Crippen LogP contribution in [0.2, 0.25) is 0 Å². The van der Waals surface area contributed by atoms with E-state index >= 15 is 0 Å². The molecular weight excluding hydrogens is 160 g/mol. The van der Waals surface area contributed by atoms with E-state index in [1.54, 1.807) is 6.92 Å². The van der Waals surface area contributed by atoms with Crippen LogP contribution >= 0.6 is 12.2 Å². The number of cyclic esters (lactones) is 1. The second kappa shape index (κ2) is 3.30. The molecule has 0 spiro atoms. The smallest absolute Gasteiger partial charge is 0.314 e. The SMILES string of the molecule is CC(=S)C1CCC(C)OC1=O. The van der Waals surface area contributed by atoms with Crippen LogP contribution in [0.5, 0.6) is 0 Å². The van der Waals surface area contributed by atoms with Crippen molar-refractivity contribution in [2.24, 2.45) is 5.92 Å². The molecule has 2 nitrogen and oxygen atoms in total. The maximum absolute atomic E-state index is 11.1. The molecule has 0 aliphatic carbocycles.